The van der Waals surface area contributed by atoms with Crippen LogP contribution in [-0.4, -0.2) is 32.7 Å². The van der Waals surface area contributed by atoms with Gasteiger partial charge in [-0.05, 0) is 25.8 Å². The molecule has 0 spiro atoms. The summed E-state index contributed by atoms with van der Waals surface area (Å²) < 4.78 is 5.35. The van der Waals surface area contributed by atoms with Gasteiger partial charge in [-0.2, -0.15) is 5.10 Å². The average molecular weight is 324 g/mol. The van der Waals surface area contributed by atoms with Crippen molar-refractivity contribution in [2.24, 2.45) is 0 Å². The third-order valence-corrected chi connectivity index (χ3v) is 4.39. The van der Waals surface area contributed by atoms with Gasteiger partial charge in [0.05, 0.1) is 17.1 Å². The lowest BCUT2D eigenvalue weighted by molar-refractivity contribution is 0.0709. The Labute approximate surface area is 137 Å². The molecule has 3 aromatic rings. The van der Waals surface area contributed by atoms with Crippen LogP contribution in [-0.2, 0) is 0 Å². The Morgan fingerprint density at radius 2 is 2.12 bits per heavy atom. The topological polar surface area (TPSA) is 92.1 Å². The number of nitrogens with zero attached hydrogens (tertiary/aromatic N) is 3. The van der Waals surface area contributed by atoms with Gasteiger partial charge in [-0.15, -0.1) is 0 Å². The summed E-state index contributed by atoms with van der Waals surface area (Å²) in [6.07, 6.45) is 1.71. The molecule has 0 unspecified atom stereocenters. The fourth-order valence-electron chi connectivity index (χ4n) is 3.26. The SMILES string of the molecule is Cc1cc([C@H]2CCCN2C(=O)c2n[nH]c(=O)c3ccccc23)on1. The van der Waals surface area contributed by atoms with Gasteiger partial charge in [0.2, 0.25) is 0 Å². The summed E-state index contributed by atoms with van der Waals surface area (Å²) in [6, 6.07) is 8.70. The Balaban J connectivity index is 1.76. The summed E-state index contributed by atoms with van der Waals surface area (Å²) in [6.45, 7) is 2.48. The van der Waals surface area contributed by atoms with Crippen LogP contribution in [0.1, 0.15) is 40.8 Å². The average Bonchev–Trinajstić information content (AvgIpc) is 3.23. The maximum absolute atomic E-state index is 13.0. The first-order valence-corrected chi connectivity index (χ1v) is 7.87. The third kappa shape index (κ3) is 2.29. The van der Waals surface area contributed by atoms with E-state index in [0.717, 1.165) is 18.5 Å². The maximum Gasteiger partial charge on any atom is 0.275 e. The van der Waals surface area contributed by atoms with E-state index in [0.29, 0.717) is 23.1 Å². The number of aromatic amines is 1. The van der Waals surface area contributed by atoms with E-state index in [1.165, 1.54) is 0 Å². The van der Waals surface area contributed by atoms with E-state index in [-0.39, 0.29) is 23.2 Å². The number of rotatable bonds is 2. The minimum Gasteiger partial charge on any atom is -0.359 e. The molecule has 24 heavy (non-hydrogen) atoms. The van der Waals surface area contributed by atoms with Gasteiger partial charge in [0, 0.05) is 18.0 Å². The smallest absolute Gasteiger partial charge is 0.275 e. The van der Waals surface area contributed by atoms with Gasteiger partial charge in [-0.3, -0.25) is 9.59 Å². The zero-order chi connectivity index (χ0) is 16.7. The largest absolute Gasteiger partial charge is 0.359 e. The fraction of sp³-hybridized carbons (Fsp3) is 0.294. The Kier molecular flexibility index (Phi) is 3.41. The number of amides is 1. The fourth-order valence-corrected chi connectivity index (χ4v) is 3.26. The quantitative estimate of drug-likeness (QED) is 0.780. The summed E-state index contributed by atoms with van der Waals surface area (Å²) in [4.78, 5) is 26.7. The minimum absolute atomic E-state index is 0.147. The van der Waals surface area contributed by atoms with Crippen LogP contribution >= 0.6 is 0 Å². The number of hydrogen-bond acceptors (Lipinski definition) is 5. The highest BCUT2D eigenvalue weighted by molar-refractivity contribution is 6.04. The van der Waals surface area contributed by atoms with Crippen molar-refractivity contribution in [2.75, 3.05) is 6.54 Å². The van der Waals surface area contributed by atoms with Crippen molar-refractivity contribution in [3.63, 3.8) is 0 Å². The molecule has 0 aliphatic carbocycles. The first-order valence-electron chi connectivity index (χ1n) is 7.87. The minimum atomic E-state index is -0.300. The van der Waals surface area contributed by atoms with Crippen LogP contribution < -0.4 is 5.56 Å². The molecule has 0 radical (unpaired) electrons. The first kappa shape index (κ1) is 14.6. The summed E-state index contributed by atoms with van der Waals surface area (Å²) in [7, 11) is 0. The summed E-state index contributed by atoms with van der Waals surface area (Å²) >= 11 is 0. The number of aryl methyl sites for hydroxylation is 1. The van der Waals surface area contributed by atoms with E-state index in [4.69, 9.17) is 4.52 Å². The Bertz CT molecular complexity index is 975. The molecule has 1 aliphatic rings. The summed E-state index contributed by atoms with van der Waals surface area (Å²) in [5, 5.41) is 11.4. The van der Waals surface area contributed by atoms with Crippen molar-refractivity contribution < 1.29 is 9.32 Å². The maximum atomic E-state index is 13.0. The number of fused-ring (bicyclic) bond motifs is 1. The van der Waals surface area contributed by atoms with Crippen molar-refractivity contribution in [1.82, 2.24) is 20.3 Å². The van der Waals surface area contributed by atoms with E-state index in [2.05, 4.69) is 15.4 Å². The van der Waals surface area contributed by atoms with Gasteiger partial charge in [0.1, 0.15) is 0 Å². The second-order valence-electron chi connectivity index (χ2n) is 5.97. The summed E-state index contributed by atoms with van der Waals surface area (Å²) in [5.74, 6) is 0.478. The van der Waals surface area contributed by atoms with Crippen molar-refractivity contribution in [3.8, 4) is 0 Å². The molecule has 1 saturated heterocycles. The molecule has 1 aliphatic heterocycles. The van der Waals surface area contributed by atoms with E-state index in [1.807, 2.05) is 13.0 Å². The highest BCUT2D eigenvalue weighted by Crippen LogP contribution is 2.33. The van der Waals surface area contributed by atoms with E-state index in [9.17, 15) is 9.59 Å². The molecule has 2 aromatic heterocycles. The van der Waals surface area contributed by atoms with E-state index in [1.54, 1.807) is 29.2 Å². The van der Waals surface area contributed by atoms with Crippen LogP contribution in [0.3, 0.4) is 0 Å². The Morgan fingerprint density at radius 1 is 1.33 bits per heavy atom. The Hall–Kier alpha value is -2.96. The van der Waals surface area contributed by atoms with Crippen molar-refractivity contribution in [2.45, 2.75) is 25.8 Å². The number of benzene rings is 1. The van der Waals surface area contributed by atoms with Gasteiger partial charge >= 0.3 is 0 Å². The van der Waals surface area contributed by atoms with Crippen LogP contribution in [0, 0.1) is 6.92 Å². The highest BCUT2D eigenvalue weighted by Gasteiger charge is 2.34. The van der Waals surface area contributed by atoms with Crippen LogP contribution in [0.15, 0.2) is 39.6 Å². The molecular formula is C17H16N4O3. The zero-order valence-corrected chi connectivity index (χ0v) is 13.2. The molecule has 122 valence electrons. The Morgan fingerprint density at radius 3 is 2.88 bits per heavy atom. The summed E-state index contributed by atoms with van der Waals surface area (Å²) in [5.41, 5.74) is 0.747. The van der Waals surface area contributed by atoms with Gasteiger partial charge < -0.3 is 9.42 Å². The lowest BCUT2D eigenvalue weighted by Crippen LogP contribution is -2.32. The van der Waals surface area contributed by atoms with Crippen molar-refractivity contribution >= 4 is 16.7 Å². The van der Waals surface area contributed by atoms with Gasteiger partial charge in [-0.1, -0.05) is 23.4 Å². The second-order valence-corrected chi connectivity index (χ2v) is 5.97. The van der Waals surface area contributed by atoms with E-state index >= 15 is 0 Å². The monoisotopic (exact) mass is 324 g/mol. The molecule has 3 heterocycles. The standard InChI is InChI=1S/C17H16N4O3/c1-10-9-14(24-20-10)13-7-4-8-21(13)17(23)15-11-5-2-3-6-12(11)16(22)19-18-15/h2-3,5-6,9,13H,4,7-8H2,1H3,(H,19,22)/t13-/m1/s1. The van der Waals surface area contributed by atoms with Crippen LogP contribution in [0.5, 0.6) is 0 Å². The highest BCUT2D eigenvalue weighted by atomic mass is 16.5. The van der Waals surface area contributed by atoms with Crippen LogP contribution in [0.25, 0.3) is 10.8 Å². The molecule has 1 N–H and O–H groups in total. The zero-order valence-electron chi connectivity index (χ0n) is 13.2. The number of carbonyl (C=O) groups is 1. The normalized spacial score (nSPS) is 17.5. The van der Waals surface area contributed by atoms with Crippen molar-refractivity contribution in [3.05, 3.63) is 57.8 Å². The van der Waals surface area contributed by atoms with Gasteiger partial charge in [0.15, 0.2) is 11.5 Å². The molecule has 0 saturated carbocycles. The molecule has 1 atom stereocenters. The molecular weight excluding hydrogens is 308 g/mol. The molecule has 4 rings (SSSR count). The molecule has 7 heteroatoms. The predicted octanol–water partition coefficient (Wildman–Crippen LogP) is 2.20. The number of hydrogen-bond donors (Lipinski definition) is 1. The predicted molar refractivity (Wildman–Crippen MR) is 86.6 cm³/mol. The number of H-pyrrole nitrogens is 1. The van der Waals surface area contributed by atoms with Gasteiger partial charge in [0.25, 0.3) is 11.5 Å². The molecule has 1 amide bonds. The van der Waals surface area contributed by atoms with Crippen LogP contribution in [0.2, 0.25) is 0 Å². The first-order chi connectivity index (χ1) is 11.6. The molecule has 1 fully saturated rings. The van der Waals surface area contributed by atoms with E-state index < -0.39 is 0 Å². The number of carbonyl (C=O) groups excluding carboxylic acids is 1. The second kappa shape index (κ2) is 5.59. The molecule has 7 nitrogen and oxygen atoms in total. The number of likely N-dealkylation sites (tertiary alicyclic amines) is 1. The van der Waals surface area contributed by atoms with Gasteiger partial charge in [-0.25, -0.2) is 5.10 Å². The third-order valence-electron chi connectivity index (χ3n) is 4.39. The lowest BCUT2D eigenvalue weighted by Gasteiger charge is -2.22. The molecule has 0 bridgehead atoms. The lowest BCUT2D eigenvalue weighted by atomic mass is 10.1. The van der Waals surface area contributed by atoms with Crippen LogP contribution in [0.4, 0.5) is 0 Å². The number of aromatic nitrogens is 3. The molecule has 1 aromatic carbocycles. The number of nitrogens with one attached hydrogen (secondary N) is 1. The van der Waals surface area contributed by atoms with Crippen molar-refractivity contribution in [1.29, 1.82) is 0 Å².